The summed E-state index contributed by atoms with van der Waals surface area (Å²) in [6.07, 6.45) is 13.6. The van der Waals surface area contributed by atoms with E-state index in [2.05, 4.69) is 37.8 Å². The SMILES string of the molecule is C#CCc1ccc(O)c(/C=C\C(C)CC)c1C=C.CCC(=O)N(NC=O)c1ccccc1. The minimum Gasteiger partial charge on any atom is -0.507 e. The van der Waals surface area contributed by atoms with Crippen molar-refractivity contribution in [1.29, 1.82) is 0 Å². The average Bonchev–Trinajstić information content (AvgIpc) is 2.82. The van der Waals surface area contributed by atoms with Crippen LogP contribution in [0.2, 0.25) is 0 Å². The van der Waals surface area contributed by atoms with Gasteiger partial charge in [-0.05, 0) is 35.2 Å². The first-order chi connectivity index (χ1) is 15.4. The van der Waals surface area contributed by atoms with Crippen molar-refractivity contribution in [1.82, 2.24) is 5.43 Å². The summed E-state index contributed by atoms with van der Waals surface area (Å²) in [5.74, 6) is 3.23. The molecule has 5 nitrogen and oxygen atoms in total. The number of phenolic OH excluding ortho intramolecular Hbond substituents is 1. The van der Waals surface area contributed by atoms with Gasteiger partial charge in [-0.2, -0.15) is 0 Å². The first kappa shape index (κ1) is 26.3. The van der Waals surface area contributed by atoms with Gasteiger partial charge in [-0.25, -0.2) is 5.01 Å². The van der Waals surface area contributed by atoms with Crippen molar-refractivity contribution in [2.24, 2.45) is 5.92 Å². The van der Waals surface area contributed by atoms with Crippen LogP contribution >= 0.6 is 0 Å². The Morgan fingerprint density at radius 1 is 1.22 bits per heavy atom. The normalized spacial score (nSPS) is 10.9. The zero-order valence-electron chi connectivity index (χ0n) is 19.0. The van der Waals surface area contributed by atoms with Crippen LogP contribution in [0.3, 0.4) is 0 Å². The van der Waals surface area contributed by atoms with E-state index in [-0.39, 0.29) is 11.7 Å². The summed E-state index contributed by atoms with van der Waals surface area (Å²) in [6.45, 7) is 9.83. The van der Waals surface area contributed by atoms with E-state index in [0.29, 0.717) is 30.9 Å². The first-order valence-electron chi connectivity index (χ1n) is 10.6. The van der Waals surface area contributed by atoms with Gasteiger partial charge in [-0.15, -0.1) is 12.3 Å². The summed E-state index contributed by atoms with van der Waals surface area (Å²) in [5.41, 5.74) is 5.76. The van der Waals surface area contributed by atoms with Gasteiger partial charge in [-0.1, -0.05) is 76.3 Å². The van der Waals surface area contributed by atoms with Gasteiger partial charge in [0.1, 0.15) is 5.75 Å². The van der Waals surface area contributed by atoms with E-state index in [1.165, 1.54) is 5.01 Å². The Morgan fingerprint density at radius 3 is 2.44 bits per heavy atom. The molecular weight excluding hydrogens is 400 g/mol. The van der Waals surface area contributed by atoms with Gasteiger partial charge in [-0.3, -0.25) is 15.0 Å². The number of rotatable bonds is 9. The lowest BCUT2D eigenvalue weighted by Crippen LogP contribution is -2.41. The summed E-state index contributed by atoms with van der Waals surface area (Å²) >= 11 is 0. The monoisotopic (exact) mass is 432 g/mol. The number of carbonyl (C=O) groups is 2. The third kappa shape index (κ3) is 7.81. The van der Waals surface area contributed by atoms with Gasteiger partial charge in [0.05, 0.1) is 5.69 Å². The van der Waals surface area contributed by atoms with Crippen LogP contribution in [0.25, 0.3) is 12.2 Å². The molecule has 0 radical (unpaired) electrons. The summed E-state index contributed by atoms with van der Waals surface area (Å²) < 4.78 is 0. The van der Waals surface area contributed by atoms with Crippen LogP contribution in [0.1, 0.15) is 50.3 Å². The van der Waals surface area contributed by atoms with Crippen molar-refractivity contribution in [2.45, 2.75) is 40.0 Å². The molecule has 2 rings (SSSR count). The third-order valence-electron chi connectivity index (χ3n) is 4.83. The molecule has 0 saturated heterocycles. The molecule has 0 heterocycles. The number of hydrogen-bond acceptors (Lipinski definition) is 3. The van der Waals surface area contributed by atoms with Crippen LogP contribution in [0.15, 0.2) is 55.1 Å². The van der Waals surface area contributed by atoms with Crippen LogP contribution in [0, 0.1) is 18.3 Å². The fraction of sp³-hybridized carbons (Fsp3) is 0.259. The van der Waals surface area contributed by atoms with Crippen molar-refractivity contribution in [3.05, 3.63) is 71.8 Å². The van der Waals surface area contributed by atoms with Crippen LogP contribution in [0.4, 0.5) is 5.69 Å². The summed E-state index contributed by atoms with van der Waals surface area (Å²) in [6, 6.07) is 12.5. The molecule has 0 saturated carbocycles. The number of amides is 2. The lowest BCUT2D eigenvalue weighted by molar-refractivity contribution is -0.121. The highest BCUT2D eigenvalue weighted by Gasteiger charge is 2.12. The number of carbonyl (C=O) groups excluding carboxylic acids is 2. The molecule has 32 heavy (non-hydrogen) atoms. The number of nitrogens with zero attached hydrogens (tertiary/aromatic N) is 1. The van der Waals surface area contributed by atoms with E-state index in [1.807, 2.05) is 18.2 Å². The summed E-state index contributed by atoms with van der Waals surface area (Å²) in [7, 11) is 0. The van der Waals surface area contributed by atoms with Gasteiger partial charge in [0.15, 0.2) is 0 Å². The Morgan fingerprint density at radius 2 is 1.91 bits per heavy atom. The molecule has 0 aliphatic rings. The highest BCUT2D eigenvalue weighted by atomic mass is 16.3. The fourth-order valence-electron chi connectivity index (χ4n) is 2.83. The fourth-order valence-corrected chi connectivity index (χ4v) is 2.83. The second-order valence-corrected chi connectivity index (χ2v) is 7.07. The molecule has 0 aliphatic heterocycles. The van der Waals surface area contributed by atoms with E-state index in [1.54, 1.807) is 43.3 Å². The maximum Gasteiger partial charge on any atom is 0.245 e. The van der Waals surface area contributed by atoms with Gasteiger partial charge in [0.2, 0.25) is 12.3 Å². The zero-order chi connectivity index (χ0) is 23.9. The van der Waals surface area contributed by atoms with Crippen molar-refractivity contribution in [3.8, 4) is 18.1 Å². The molecule has 0 fully saturated rings. The number of hydrazine groups is 1. The number of terminal acetylenes is 1. The minimum atomic E-state index is -0.150. The molecule has 2 aromatic rings. The number of aromatic hydroxyl groups is 1. The van der Waals surface area contributed by atoms with Gasteiger partial charge < -0.3 is 5.11 Å². The highest BCUT2D eigenvalue weighted by molar-refractivity contribution is 5.93. The molecule has 2 amide bonds. The molecule has 0 aliphatic carbocycles. The summed E-state index contributed by atoms with van der Waals surface area (Å²) in [5, 5.41) is 11.2. The molecule has 0 spiro atoms. The second-order valence-electron chi connectivity index (χ2n) is 7.07. The number of allylic oxidation sites excluding steroid dienone is 1. The molecule has 2 N–H and O–H groups in total. The molecule has 2 aromatic carbocycles. The molecule has 168 valence electrons. The lowest BCUT2D eigenvalue weighted by atomic mass is 9.96. The van der Waals surface area contributed by atoms with Crippen LogP contribution in [-0.2, 0) is 16.0 Å². The Balaban J connectivity index is 0.000000330. The molecule has 5 heteroatoms. The number of hydrogen-bond donors (Lipinski definition) is 2. The minimum absolute atomic E-state index is 0.150. The smallest absolute Gasteiger partial charge is 0.245 e. The molecular formula is C27H32N2O3. The topological polar surface area (TPSA) is 69.6 Å². The zero-order valence-corrected chi connectivity index (χ0v) is 19.0. The molecule has 0 bridgehead atoms. The molecule has 0 aromatic heterocycles. The average molecular weight is 433 g/mol. The van der Waals surface area contributed by atoms with E-state index in [4.69, 9.17) is 6.42 Å². The Hall–Kier alpha value is -3.78. The Kier molecular flexibility index (Phi) is 11.7. The van der Waals surface area contributed by atoms with Crippen molar-refractivity contribution < 1.29 is 14.7 Å². The number of benzene rings is 2. The number of para-hydroxylation sites is 1. The van der Waals surface area contributed by atoms with Gasteiger partial charge in [0.25, 0.3) is 0 Å². The van der Waals surface area contributed by atoms with E-state index in [0.717, 1.165) is 23.1 Å². The Labute approximate surface area is 191 Å². The summed E-state index contributed by atoms with van der Waals surface area (Å²) in [4.78, 5) is 21.7. The largest absolute Gasteiger partial charge is 0.507 e. The molecule has 1 atom stereocenters. The van der Waals surface area contributed by atoms with Crippen LogP contribution in [0.5, 0.6) is 5.75 Å². The maximum absolute atomic E-state index is 11.4. The number of phenols is 1. The number of anilines is 1. The van der Waals surface area contributed by atoms with E-state index < -0.39 is 0 Å². The van der Waals surface area contributed by atoms with Crippen molar-refractivity contribution in [2.75, 3.05) is 5.01 Å². The van der Waals surface area contributed by atoms with Gasteiger partial charge >= 0.3 is 0 Å². The van der Waals surface area contributed by atoms with E-state index >= 15 is 0 Å². The van der Waals surface area contributed by atoms with Gasteiger partial charge in [0, 0.05) is 18.4 Å². The predicted molar refractivity (Wildman–Crippen MR) is 133 cm³/mol. The first-order valence-corrected chi connectivity index (χ1v) is 10.6. The van der Waals surface area contributed by atoms with Crippen molar-refractivity contribution >= 4 is 30.2 Å². The number of nitrogens with one attached hydrogen (secondary N) is 1. The molecule has 1 unspecified atom stereocenters. The second kappa shape index (κ2) is 14.3. The van der Waals surface area contributed by atoms with Crippen LogP contribution < -0.4 is 10.4 Å². The van der Waals surface area contributed by atoms with Crippen LogP contribution in [-0.4, -0.2) is 17.4 Å². The Bertz CT molecular complexity index is 959. The van der Waals surface area contributed by atoms with E-state index in [9.17, 15) is 14.7 Å². The standard InChI is InChI=1S/C17H20O.C10H12N2O2/c1-5-8-14-10-12-17(18)16(15(14)7-3)11-9-13(4)6-2;1-2-10(14)12(11-8-13)9-6-4-3-5-7-9/h1,7,9-13,18H,3,6,8H2,2,4H3;3-8H,2H2,1H3,(H,11,13)/b11-9-;. The highest BCUT2D eigenvalue weighted by Crippen LogP contribution is 2.28. The third-order valence-corrected chi connectivity index (χ3v) is 4.83. The maximum atomic E-state index is 11.4. The lowest BCUT2D eigenvalue weighted by Gasteiger charge is -2.19. The quantitative estimate of drug-likeness (QED) is 0.318. The predicted octanol–water partition coefficient (Wildman–Crippen LogP) is 5.36. The van der Waals surface area contributed by atoms with Crippen molar-refractivity contribution in [3.63, 3.8) is 0 Å².